The minimum Gasteiger partial charge on any atom is -0.453 e. The zero-order valence-electron chi connectivity index (χ0n) is 9.88. The van der Waals surface area contributed by atoms with Crippen molar-refractivity contribution in [1.82, 2.24) is 0 Å². The summed E-state index contributed by atoms with van der Waals surface area (Å²) in [5, 5.41) is 7.41. The molecule has 3 N–H and O–H groups in total. The van der Waals surface area contributed by atoms with Gasteiger partial charge in [-0.1, -0.05) is 27.5 Å². The first-order valence-corrected chi connectivity index (χ1v) is 6.52. The third-order valence-electron chi connectivity index (χ3n) is 2.42. The molecule has 0 aliphatic heterocycles. The first kappa shape index (κ1) is 14.7. The molecule has 2 rings (SSSR count). The Morgan fingerprint density at radius 2 is 1.90 bits per heavy atom. The Labute approximate surface area is 126 Å². The van der Waals surface area contributed by atoms with Gasteiger partial charge in [0, 0.05) is 10.0 Å². The normalized spacial score (nSPS) is 10.4. The van der Waals surface area contributed by atoms with Gasteiger partial charge in [0.2, 0.25) is 5.82 Å². The molecule has 0 amide bonds. The van der Waals surface area contributed by atoms with Crippen LogP contribution in [0.1, 0.15) is 5.56 Å². The summed E-state index contributed by atoms with van der Waals surface area (Å²) < 4.78 is 32.4. The molecule has 0 fully saturated rings. The lowest BCUT2D eigenvalue weighted by Gasteiger charge is -2.10. The fourth-order valence-corrected chi connectivity index (χ4v) is 2.10. The van der Waals surface area contributed by atoms with Gasteiger partial charge < -0.3 is 10.5 Å². The van der Waals surface area contributed by atoms with Crippen LogP contribution < -0.4 is 10.5 Å². The van der Waals surface area contributed by atoms with Crippen LogP contribution >= 0.6 is 27.5 Å². The van der Waals surface area contributed by atoms with E-state index in [4.69, 9.17) is 27.5 Å². The van der Waals surface area contributed by atoms with E-state index >= 15 is 0 Å². The monoisotopic (exact) mass is 360 g/mol. The number of nitrogens with one attached hydrogen (secondary N) is 1. The highest BCUT2D eigenvalue weighted by Crippen LogP contribution is 2.33. The van der Waals surface area contributed by atoms with Gasteiger partial charge in [0.1, 0.15) is 11.6 Å². The molecule has 0 saturated carbocycles. The van der Waals surface area contributed by atoms with E-state index in [1.807, 2.05) is 0 Å². The van der Waals surface area contributed by atoms with E-state index in [0.29, 0.717) is 10.0 Å². The summed E-state index contributed by atoms with van der Waals surface area (Å²) in [6, 6.07) is 6.61. The van der Waals surface area contributed by atoms with E-state index in [2.05, 4.69) is 15.9 Å². The standard InChI is InChI=1S/C13H8BrClF2N2O/c14-7-4-9(16)12(17)11(5-7)20-10-2-1-6(13(18)19)3-8(10)15/h1-5H,(H3,18,19). The molecule has 0 unspecified atom stereocenters. The minimum atomic E-state index is -1.11. The van der Waals surface area contributed by atoms with Crippen LogP contribution in [0, 0.1) is 17.0 Å². The van der Waals surface area contributed by atoms with Crippen molar-refractivity contribution in [2.24, 2.45) is 5.73 Å². The van der Waals surface area contributed by atoms with Gasteiger partial charge in [-0.25, -0.2) is 4.39 Å². The maximum Gasteiger partial charge on any atom is 0.201 e. The molecule has 0 aromatic heterocycles. The molecule has 0 saturated heterocycles. The number of amidine groups is 1. The van der Waals surface area contributed by atoms with Crippen LogP contribution in [0.25, 0.3) is 0 Å². The van der Waals surface area contributed by atoms with Crippen LogP contribution in [0.15, 0.2) is 34.8 Å². The third-order valence-corrected chi connectivity index (χ3v) is 3.18. The lowest BCUT2D eigenvalue weighted by atomic mass is 10.2. The van der Waals surface area contributed by atoms with E-state index < -0.39 is 11.6 Å². The van der Waals surface area contributed by atoms with Crippen molar-refractivity contribution >= 4 is 33.4 Å². The summed E-state index contributed by atoms with van der Waals surface area (Å²) in [6.45, 7) is 0. The van der Waals surface area contributed by atoms with Gasteiger partial charge in [-0.15, -0.1) is 0 Å². The van der Waals surface area contributed by atoms with Gasteiger partial charge in [-0.2, -0.15) is 4.39 Å². The van der Waals surface area contributed by atoms with Gasteiger partial charge in [0.25, 0.3) is 0 Å². The summed E-state index contributed by atoms with van der Waals surface area (Å²) in [4.78, 5) is 0. The van der Waals surface area contributed by atoms with Gasteiger partial charge in [-0.05, 0) is 30.3 Å². The van der Waals surface area contributed by atoms with Gasteiger partial charge in [-0.3, -0.25) is 5.41 Å². The number of hydrogen-bond acceptors (Lipinski definition) is 2. The Morgan fingerprint density at radius 3 is 2.50 bits per heavy atom. The lowest BCUT2D eigenvalue weighted by Crippen LogP contribution is -2.10. The number of nitrogen functional groups attached to an aromatic ring is 1. The average molecular weight is 362 g/mol. The van der Waals surface area contributed by atoms with E-state index in [1.54, 1.807) is 0 Å². The Kier molecular flexibility index (Phi) is 4.25. The molecule has 0 heterocycles. The second-order valence-electron chi connectivity index (χ2n) is 3.86. The summed E-state index contributed by atoms with van der Waals surface area (Å²) in [5.41, 5.74) is 5.72. The summed E-state index contributed by atoms with van der Waals surface area (Å²) >= 11 is 9.00. The van der Waals surface area contributed by atoms with E-state index in [9.17, 15) is 8.78 Å². The Morgan fingerprint density at radius 1 is 1.20 bits per heavy atom. The molecular weight excluding hydrogens is 354 g/mol. The van der Waals surface area contributed by atoms with Crippen LogP contribution in [0.4, 0.5) is 8.78 Å². The van der Waals surface area contributed by atoms with Crippen molar-refractivity contribution in [3.8, 4) is 11.5 Å². The molecule has 0 atom stereocenters. The number of halogens is 4. The van der Waals surface area contributed by atoms with Crippen molar-refractivity contribution in [2.45, 2.75) is 0 Å². The minimum absolute atomic E-state index is 0.132. The largest absolute Gasteiger partial charge is 0.453 e. The fourth-order valence-electron chi connectivity index (χ4n) is 1.48. The second-order valence-corrected chi connectivity index (χ2v) is 5.18. The van der Waals surface area contributed by atoms with Crippen molar-refractivity contribution in [1.29, 1.82) is 5.41 Å². The predicted octanol–water partition coefficient (Wildman–Crippen LogP) is 4.46. The predicted molar refractivity (Wildman–Crippen MR) is 76.6 cm³/mol. The number of ether oxygens (including phenoxy) is 1. The highest BCUT2D eigenvalue weighted by molar-refractivity contribution is 9.10. The van der Waals surface area contributed by atoms with Crippen LogP contribution in [0.2, 0.25) is 5.02 Å². The molecule has 0 bridgehead atoms. The maximum absolute atomic E-state index is 13.6. The van der Waals surface area contributed by atoms with Crippen molar-refractivity contribution in [3.63, 3.8) is 0 Å². The molecule has 2 aromatic carbocycles. The van der Waals surface area contributed by atoms with Crippen LogP contribution in [-0.2, 0) is 0 Å². The molecule has 0 radical (unpaired) electrons. The Balaban J connectivity index is 2.38. The zero-order chi connectivity index (χ0) is 14.9. The van der Waals surface area contributed by atoms with Gasteiger partial charge >= 0.3 is 0 Å². The highest BCUT2D eigenvalue weighted by atomic mass is 79.9. The van der Waals surface area contributed by atoms with Gasteiger partial charge in [0.15, 0.2) is 11.6 Å². The molecular formula is C13H8BrClF2N2O. The van der Waals surface area contributed by atoms with Crippen LogP contribution in [0.3, 0.4) is 0 Å². The maximum atomic E-state index is 13.6. The molecule has 104 valence electrons. The molecule has 7 heteroatoms. The second kappa shape index (κ2) is 5.76. The molecule has 0 aliphatic rings. The number of hydrogen-bond donors (Lipinski definition) is 2. The van der Waals surface area contributed by atoms with Crippen LogP contribution in [0.5, 0.6) is 11.5 Å². The molecule has 0 spiro atoms. The molecule has 2 aromatic rings. The summed E-state index contributed by atoms with van der Waals surface area (Å²) in [5.74, 6) is -2.47. The lowest BCUT2D eigenvalue weighted by molar-refractivity contribution is 0.415. The smallest absolute Gasteiger partial charge is 0.201 e. The van der Waals surface area contributed by atoms with E-state index in [1.165, 1.54) is 24.3 Å². The van der Waals surface area contributed by atoms with Crippen molar-refractivity contribution in [3.05, 3.63) is 57.0 Å². The number of nitrogens with two attached hydrogens (primary N) is 1. The topological polar surface area (TPSA) is 59.1 Å². The highest BCUT2D eigenvalue weighted by Gasteiger charge is 2.14. The first-order chi connectivity index (χ1) is 9.38. The van der Waals surface area contributed by atoms with Gasteiger partial charge in [0.05, 0.1) is 5.02 Å². The summed E-state index contributed by atoms with van der Waals surface area (Å²) in [6.07, 6.45) is 0. The number of rotatable bonds is 3. The van der Waals surface area contributed by atoms with E-state index in [0.717, 1.165) is 6.07 Å². The Bertz CT molecular complexity index is 694. The SMILES string of the molecule is N=C(N)c1ccc(Oc2cc(Br)cc(F)c2F)c(Cl)c1. The first-order valence-electron chi connectivity index (χ1n) is 5.35. The fraction of sp³-hybridized carbons (Fsp3) is 0. The quantitative estimate of drug-likeness (QED) is 0.482. The van der Waals surface area contributed by atoms with E-state index in [-0.39, 0.29) is 22.4 Å². The number of benzene rings is 2. The van der Waals surface area contributed by atoms with Crippen molar-refractivity contribution < 1.29 is 13.5 Å². The molecule has 20 heavy (non-hydrogen) atoms. The molecule has 0 aliphatic carbocycles. The van der Waals surface area contributed by atoms with Crippen LogP contribution in [-0.4, -0.2) is 5.84 Å². The average Bonchev–Trinajstić information content (AvgIpc) is 2.37. The third kappa shape index (κ3) is 3.08. The summed E-state index contributed by atoms with van der Waals surface area (Å²) in [7, 11) is 0. The zero-order valence-corrected chi connectivity index (χ0v) is 12.2. The molecule has 3 nitrogen and oxygen atoms in total. The Hall–Kier alpha value is -1.66. The van der Waals surface area contributed by atoms with Crippen molar-refractivity contribution in [2.75, 3.05) is 0 Å².